The molecule has 1 aliphatic rings. The molecule has 1 aromatic rings. The Labute approximate surface area is 123 Å². The summed E-state index contributed by atoms with van der Waals surface area (Å²) in [7, 11) is 1.74. The van der Waals surface area contributed by atoms with Crippen molar-refractivity contribution in [2.45, 2.75) is 13.0 Å². The maximum atomic E-state index is 13.8. The highest BCUT2D eigenvalue weighted by Gasteiger charge is 2.25. The first-order chi connectivity index (χ1) is 10.0. The third kappa shape index (κ3) is 3.77. The first-order valence-electron chi connectivity index (χ1n) is 7.14. The molecule has 0 aliphatic carbocycles. The fourth-order valence-corrected chi connectivity index (χ4v) is 2.66. The molecule has 0 saturated carbocycles. The molecule has 0 spiro atoms. The Balaban J connectivity index is 1.97. The maximum absolute atomic E-state index is 13.8. The van der Waals surface area contributed by atoms with Crippen LogP contribution in [0, 0.1) is 11.6 Å². The summed E-state index contributed by atoms with van der Waals surface area (Å²) in [6.07, 6.45) is 0. The fraction of sp³-hybridized carbons (Fsp3) is 0.533. The van der Waals surface area contributed by atoms with Crippen molar-refractivity contribution >= 4 is 5.91 Å². The van der Waals surface area contributed by atoms with Gasteiger partial charge in [0, 0.05) is 43.9 Å². The highest BCUT2D eigenvalue weighted by Crippen LogP contribution is 2.24. The topological polar surface area (TPSA) is 35.6 Å². The molecule has 1 saturated heterocycles. The zero-order chi connectivity index (χ0) is 15.4. The monoisotopic (exact) mass is 297 g/mol. The van der Waals surface area contributed by atoms with Gasteiger partial charge in [-0.3, -0.25) is 9.69 Å². The van der Waals surface area contributed by atoms with Crippen LogP contribution in [0.15, 0.2) is 18.2 Å². The average Bonchev–Trinajstić information content (AvgIpc) is 2.47. The largest absolute Gasteiger partial charge is 0.339 e. The number of nitrogens with zero attached hydrogens (tertiary/aromatic N) is 2. The number of rotatable bonds is 4. The van der Waals surface area contributed by atoms with E-state index in [9.17, 15) is 13.6 Å². The number of benzene rings is 1. The minimum Gasteiger partial charge on any atom is -0.339 e. The zero-order valence-corrected chi connectivity index (χ0v) is 12.4. The molecule has 0 aromatic heterocycles. The lowest BCUT2D eigenvalue weighted by atomic mass is 10.1. The highest BCUT2D eigenvalue weighted by molar-refractivity contribution is 5.78. The van der Waals surface area contributed by atoms with Crippen LogP contribution in [-0.2, 0) is 4.79 Å². The van der Waals surface area contributed by atoms with Gasteiger partial charge in [0.1, 0.15) is 11.6 Å². The molecular weight excluding hydrogens is 276 g/mol. The van der Waals surface area contributed by atoms with E-state index in [0.717, 1.165) is 6.07 Å². The summed E-state index contributed by atoms with van der Waals surface area (Å²) in [5.41, 5.74) is 0.492. The summed E-state index contributed by atoms with van der Waals surface area (Å²) in [5.74, 6) is -1.00. The number of halogens is 2. The van der Waals surface area contributed by atoms with E-state index in [1.807, 2.05) is 6.92 Å². The molecule has 4 nitrogen and oxygen atoms in total. The van der Waals surface area contributed by atoms with Crippen LogP contribution in [-0.4, -0.2) is 55.5 Å². The molecule has 21 heavy (non-hydrogen) atoms. The zero-order valence-electron chi connectivity index (χ0n) is 12.4. The molecular formula is C15H21F2N3O. The van der Waals surface area contributed by atoms with E-state index >= 15 is 0 Å². The van der Waals surface area contributed by atoms with Crippen LogP contribution in [0.3, 0.4) is 0 Å². The van der Waals surface area contributed by atoms with Gasteiger partial charge in [-0.2, -0.15) is 0 Å². The van der Waals surface area contributed by atoms with E-state index in [-0.39, 0.29) is 11.9 Å². The first-order valence-corrected chi connectivity index (χ1v) is 7.14. The number of carbonyl (C=O) groups is 1. The molecule has 0 bridgehead atoms. The number of carbonyl (C=O) groups excluding carboxylic acids is 1. The maximum Gasteiger partial charge on any atom is 0.236 e. The van der Waals surface area contributed by atoms with Crippen molar-refractivity contribution in [1.29, 1.82) is 0 Å². The highest BCUT2D eigenvalue weighted by atomic mass is 19.1. The Kier molecular flexibility index (Phi) is 5.25. The lowest BCUT2D eigenvalue weighted by Crippen LogP contribution is -2.51. The summed E-state index contributed by atoms with van der Waals surface area (Å²) < 4.78 is 26.8. The smallest absolute Gasteiger partial charge is 0.236 e. The van der Waals surface area contributed by atoms with Gasteiger partial charge in [-0.1, -0.05) is 6.07 Å². The van der Waals surface area contributed by atoms with Gasteiger partial charge in [-0.25, -0.2) is 8.78 Å². The Morgan fingerprint density at radius 1 is 1.29 bits per heavy atom. The van der Waals surface area contributed by atoms with Gasteiger partial charge >= 0.3 is 0 Å². The summed E-state index contributed by atoms with van der Waals surface area (Å²) >= 11 is 0. The molecule has 1 atom stereocenters. The quantitative estimate of drug-likeness (QED) is 0.912. The van der Waals surface area contributed by atoms with Gasteiger partial charge < -0.3 is 10.2 Å². The lowest BCUT2D eigenvalue weighted by molar-refractivity contribution is -0.132. The van der Waals surface area contributed by atoms with Gasteiger partial charge in [-0.05, 0) is 20.0 Å². The average molecular weight is 297 g/mol. The molecule has 1 heterocycles. The summed E-state index contributed by atoms with van der Waals surface area (Å²) in [5, 5.41) is 2.85. The first kappa shape index (κ1) is 15.9. The van der Waals surface area contributed by atoms with Crippen molar-refractivity contribution in [2.24, 2.45) is 0 Å². The van der Waals surface area contributed by atoms with Gasteiger partial charge in [0.15, 0.2) is 0 Å². The minimum absolute atomic E-state index is 0.0813. The van der Waals surface area contributed by atoms with Crippen LogP contribution in [0.5, 0.6) is 0 Å². The van der Waals surface area contributed by atoms with Crippen LogP contribution in [0.25, 0.3) is 0 Å². The Morgan fingerprint density at radius 2 is 1.95 bits per heavy atom. The standard InChI is InChI=1S/C15H21F2N3O/c1-11(13-4-3-12(16)9-14(13)17)19-5-7-20(8-6-19)15(21)10-18-2/h3-4,9,11,18H,5-8,10H2,1-2H3/t11-/m1/s1. The third-order valence-corrected chi connectivity index (χ3v) is 3.96. The van der Waals surface area contributed by atoms with Crippen molar-refractivity contribution < 1.29 is 13.6 Å². The van der Waals surface area contributed by atoms with E-state index in [1.54, 1.807) is 11.9 Å². The predicted molar refractivity (Wildman–Crippen MR) is 76.9 cm³/mol. The van der Waals surface area contributed by atoms with E-state index in [2.05, 4.69) is 10.2 Å². The van der Waals surface area contributed by atoms with Gasteiger partial charge in [0.05, 0.1) is 6.54 Å². The van der Waals surface area contributed by atoms with E-state index in [0.29, 0.717) is 38.3 Å². The molecule has 6 heteroatoms. The summed E-state index contributed by atoms with van der Waals surface area (Å²) in [6.45, 7) is 4.88. The number of amides is 1. The third-order valence-electron chi connectivity index (χ3n) is 3.96. The van der Waals surface area contributed by atoms with Gasteiger partial charge in [0.25, 0.3) is 0 Å². The SMILES string of the molecule is CNCC(=O)N1CCN([C@H](C)c2ccc(F)cc2F)CC1. The summed E-state index contributed by atoms with van der Waals surface area (Å²) in [4.78, 5) is 15.7. The Hall–Kier alpha value is -1.53. The normalized spacial score (nSPS) is 17.8. The molecule has 1 fully saturated rings. The van der Waals surface area contributed by atoms with Crippen LogP contribution in [0.4, 0.5) is 8.78 Å². The second kappa shape index (κ2) is 6.95. The Morgan fingerprint density at radius 3 is 2.52 bits per heavy atom. The molecule has 0 unspecified atom stereocenters. The lowest BCUT2D eigenvalue weighted by Gasteiger charge is -2.38. The molecule has 116 valence electrons. The number of hydrogen-bond acceptors (Lipinski definition) is 3. The van der Waals surface area contributed by atoms with Crippen molar-refractivity contribution in [2.75, 3.05) is 39.8 Å². The van der Waals surface area contributed by atoms with Gasteiger partial charge in [-0.15, -0.1) is 0 Å². The number of likely N-dealkylation sites (N-methyl/N-ethyl adjacent to an activating group) is 1. The summed E-state index contributed by atoms with van der Waals surface area (Å²) in [6, 6.07) is 3.56. The van der Waals surface area contributed by atoms with Crippen molar-refractivity contribution in [1.82, 2.24) is 15.1 Å². The fourth-order valence-electron chi connectivity index (χ4n) is 2.66. The van der Waals surface area contributed by atoms with Crippen molar-refractivity contribution in [3.63, 3.8) is 0 Å². The van der Waals surface area contributed by atoms with Gasteiger partial charge in [0.2, 0.25) is 5.91 Å². The van der Waals surface area contributed by atoms with E-state index in [4.69, 9.17) is 0 Å². The van der Waals surface area contributed by atoms with E-state index < -0.39 is 11.6 Å². The van der Waals surface area contributed by atoms with Crippen molar-refractivity contribution in [3.8, 4) is 0 Å². The second-order valence-corrected chi connectivity index (χ2v) is 5.29. The molecule has 2 rings (SSSR count). The van der Waals surface area contributed by atoms with E-state index in [1.165, 1.54) is 12.1 Å². The molecule has 0 radical (unpaired) electrons. The van der Waals surface area contributed by atoms with Crippen molar-refractivity contribution in [3.05, 3.63) is 35.4 Å². The number of piperazine rings is 1. The van der Waals surface area contributed by atoms with Crippen LogP contribution in [0.1, 0.15) is 18.5 Å². The second-order valence-electron chi connectivity index (χ2n) is 5.29. The minimum atomic E-state index is -0.564. The van der Waals surface area contributed by atoms with Crippen LogP contribution in [0.2, 0.25) is 0 Å². The number of hydrogen-bond donors (Lipinski definition) is 1. The molecule has 1 aliphatic heterocycles. The molecule has 1 N–H and O–H groups in total. The number of nitrogens with one attached hydrogen (secondary N) is 1. The van der Waals surface area contributed by atoms with Crippen LogP contribution < -0.4 is 5.32 Å². The predicted octanol–water partition coefficient (Wildman–Crippen LogP) is 1.39. The molecule has 1 aromatic carbocycles. The Bertz CT molecular complexity index is 502. The molecule has 1 amide bonds. The van der Waals surface area contributed by atoms with Crippen LogP contribution >= 0.6 is 0 Å².